The molecule has 0 amide bonds. The lowest BCUT2D eigenvalue weighted by atomic mass is 10.1. The smallest absolute Gasteiger partial charge is 0.320 e. The van der Waals surface area contributed by atoms with Gasteiger partial charge in [0.05, 0.1) is 19.6 Å². The Morgan fingerprint density at radius 2 is 2.04 bits per heavy atom. The number of hydrogen-bond acceptors (Lipinski definition) is 7. The fraction of sp³-hybridized carbons (Fsp3) is 0.294. The predicted octanol–water partition coefficient (Wildman–Crippen LogP) is 1.58. The monoisotopic (exact) mass is 357 g/mol. The third-order valence-electron chi connectivity index (χ3n) is 3.70. The molecule has 2 heterocycles. The van der Waals surface area contributed by atoms with Crippen LogP contribution >= 0.6 is 0 Å². The summed E-state index contributed by atoms with van der Waals surface area (Å²) < 4.78 is 6.91. The number of aliphatic carboxylic acids is 1. The first-order chi connectivity index (χ1) is 12.5. The van der Waals surface area contributed by atoms with Crippen molar-refractivity contribution in [2.45, 2.75) is 26.3 Å². The van der Waals surface area contributed by atoms with Crippen LogP contribution in [0.4, 0.5) is 5.82 Å². The number of nitrogens with zero attached hydrogens (tertiary/aromatic N) is 4. The molecule has 26 heavy (non-hydrogen) atoms. The van der Waals surface area contributed by atoms with Gasteiger partial charge in [-0.1, -0.05) is 31.2 Å². The summed E-state index contributed by atoms with van der Waals surface area (Å²) in [5, 5.41) is 19.1. The number of nitrogen functional groups attached to an aromatic ring is 1. The number of carbonyl (C=O) groups is 1. The highest BCUT2D eigenvalue weighted by molar-refractivity contribution is 5.83. The second-order valence-corrected chi connectivity index (χ2v) is 5.80. The average Bonchev–Trinajstić information content (AvgIpc) is 2.89. The summed E-state index contributed by atoms with van der Waals surface area (Å²) in [6.07, 6.45) is 0.719. The maximum absolute atomic E-state index is 10.9. The van der Waals surface area contributed by atoms with E-state index in [4.69, 9.17) is 15.6 Å². The summed E-state index contributed by atoms with van der Waals surface area (Å²) in [6.45, 7) is 2.66. The number of hydrogen-bond donors (Lipinski definition) is 3. The molecule has 0 unspecified atom stereocenters. The first-order valence-electron chi connectivity index (χ1n) is 8.13. The van der Waals surface area contributed by atoms with Gasteiger partial charge in [0.2, 0.25) is 0 Å². The molecular weight excluding hydrogens is 338 g/mol. The van der Waals surface area contributed by atoms with Gasteiger partial charge in [-0.05, 0) is 17.5 Å². The molecule has 0 bridgehead atoms. The Morgan fingerprint density at radius 1 is 1.27 bits per heavy atom. The van der Waals surface area contributed by atoms with Crippen LogP contribution in [0.25, 0.3) is 11.2 Å². The Balaban J connectivity index is 1.98. The van der Waals surface area contributed by atoms with Crippen molar-refractivity contribution >= 4 is 23.0 Å². The topological polar surface area (TPSA) is 136 Å². The molecule has 1 aromatic carbocycles. The van der Waals surface area contributed by atoms with E-state index in [0.29, 0.717) is 17.8 Å². The van der Waals surface area contributed by atoms with Crippen molar-refractivity contribution in [3.63, 3.8) is 0 Å². The molecule has 9 heteroatoms. The molecule has 0 aliphatic carbocycles. The first kappa shape index (κ1) is 17.5. The van der Waals surface area contributed by atoms with E-state index >= 15 is 0 Å². The van der Waals surface area contributed by atoms with Crippen molar-refractivity contribution in [1.82, 2.24) is 19.5 Å². The molecule has 3 aromatic rings. The number of benzene rings is 1. The van der Waals surface area contributed by atoms with Gasteiger partial charge in [0, 0.05) is 0 Å². The van der Waals surface area contributed by atoms with E-state index in [1.807, 2.05) is 13.0 Å². The van der Waals surface area contributed by atoms with Gasteiger partial charge in [0.15, 0.2) is 17.0 Å². The average molecular weight is 357 g/mol. The summed E-state index contributed by atoms with van der Waals surface area (Å²) >= 11 is 0. The van der Waals surface area contributed by atoms with Crippen LogP contribution in [0.15, 0.2) is 24.3 Å². The van der Waals surface area contributed by atoms with Crippen LogP contribution < -0.4 is 10.5 Å². The Labute approximate surface area is 149 Å². The van der Waals surface area contributed by atoms with Crippen molar-refractivity contribution in [1.29, 1.82) is 0 Å². The highest BCUT2D eigenvalue weighted by Crippen LogP contribution is 2.26. The molecule has 3 rings (SSSR count). The van der Waals surface area contributed by atoms with Crippen LogP contribution in [-0.4, -0.2) is 42.3 Å². The number of imidazole rings is 1. The minimum Gasteiger partial charge on any atom is -0.481 e. The Hall–Kier alpha value is -3.36. The third-order valence-corrected chi connectivity index (χ3v) is 3.70. The minimum absolute atomic E-state index is 0.0748. The van der Waals surface area contributed by atoms with Gasteiger partial charge < -0.3 is 20.7 Å². The van der Waals surface area contributed by atoms with Gasteiger partial charge >= 0.3 is 12.0 Å². The number of carboxylic acids is 1. The van der Waals surface area contributed by atoms with E-state index in [0.717, 1.165) is 12.0 Å². The van der Waals surface area contributed by atoms with E-state index in [2.05, 4.69) is 15.0 Å². The Kier molecular flexibility index (Phi) is 4.87. The molecular formula is C17H19N5O4. The summed E-state index contributed by atoms with van der Waals surface area (Å²) in [4.78, 5) is 23.2. The molecule has 0 aliphatic heterocycles. The molecule has 9 nitrogen and oxygen atoms in total. The van der Waals surface area contributed by atoms with E-state index in [9.17, 15) is 9.90 Å². The Bertz CT molecular complexity index is 954. The van der Waals surface area contributed by atoms with Crippen LogP contribution in [0, 0.1) is 0 Å². The summed E-state index contributed by atoms with van der Waals surface area (Å²) in [5.41, 5.74) is 8.00. The molecule has 0 atom stereocenters. The van der Waals surface area contributed by atoms with Gasteiger partial charge in [-0.2, -0.15) is 15.0 Å². The fourth-order valence-electron chi connectivity index (χ4n) is 2.59. The highest BCUT2D eigenvalue weighted by Gasteiger charge is 2.17. The lowest BCUT2D eigenvalue weighted by Crippen LogP contribution is -2.06. The van der Waals surface area contributed by atoms with E-state index in [1.165, 1.54) is 4.57 Å². The van der Waals surface area contributed by atoms with Gasteiger partial charge in [-0.25, -0.2) is 0 Å². The number of aromatic nitrogens is 4. The summed E-state index contributed by atoms with van der Waals surface area (Å²) in [6, 6.07) is 6.96. The van der Waals surface area contributed by atoms with Crippen molar-refractivity contribution in [3.05, 3.63) is 35.4 Å². The number of carboxylic acid groups (broad SMARTS) is 1. The van der Waals surface area contributed by atoms with Crippen LogP contribution in [0.1, 0.15) is 24.5 Å². The molecule has 0 aliphatic rings. The molecule has 0 saturated carbocycles. The predicted molar refractivity (Wildman–Crippen MR) is 94.1 cm³/mol. The molecule has 0 spiro atoms. The molecule has 0 radical (unpaired) electrons. The molecule has 136 valence electrons. The zero-order valence-electron chi connectivity index (χ0n) is 14.2. The normalized spacial score (nSPS) is 11.0. The first-order valence-corrected chi connectivity index (χ1v) is 8.13. The van der Waals surface area contributed by atoms with E-state index in [-0.39, 0.29) is 36.3 Å². The van der Waals surface area contributed by atoms with Crippen LogP contribution in [0.5, 0.6) is 12.0 Å². The highest BCUT2D eigenvalue weighted by atomic mass is 16.5. The lowest BCUT2D eigenvalue weighted by molar-refractivity contribution is -0.136. The zero-order chi connectivity index (χ0) is 18.7. The Morgan fingerprint density at radius 3 is 2.77 bits per heavy atom. The van der Waals surface area contributed by atoms with Gasteiger partial charge in [-0.3, -0.25) is 9.36 Å². The van der Waals surface area contributed by atoms with Crippen LogP contribution in [0.2, 0.25) is 0 Å². The standard InChI is InChI=1S/C17H19N5O4/c1-2-6-26-16-20-14(18)13-15(21-16)22(17(25)19-13)9-11-5-3-4-10(7-11)8-12(23)24/h3-5,7H,2,6,8-9H2,1H3,(H,19,25)(H,23,24)(H2,18,20,21). The molecule has 2 aromatic heterocycles. The number of rotatable bonds is 7. The van der Waals surface area contributed by atoms with Crippen molar-refractivity contribution in [2.75, 3.05) is 12.3 Å². The number of aromatic hydroxyl groups is 1. The molecule has 0 fully saturated rings. The number of anilines is 1. The number of fused-ring (bicyclic) bond motifs is 1. The molecule has 4 N–H and O–H groups in total. The lowest BCUT2D eigenvalue weighted by Gasteiger charge is -2.08. The van der Waals surface area contributed by atoms with Crippen molar-refractivity contribution in [2.24, 2.45) is 0 Å². The molecule has 0 saturated heterocycles. The van der Waals surface area contributed by atoms with E-state index in [1.54, 1.807) is 18.2 Å². The van der Waals surface area contributed by atoms with Crippen molar-refractivity contribution < 1.29 is 19.7 Å². The van der Waals surface area contributed by atoms with Crippen molar-refractivity contribution in [3.8, 4) is 12.0 Å². The number of ether oxygens (including phenoxy) is 1. The van der Waals surface area contributed by atoms with Crippen LogP contribution in [0.3, 0.4) is 0 Å². The quantitative estimate of drug-likeness (QED) is 0.580. The largest absolute Gasteiger partial charge is 0.481 e. The minimum atomic E-state index is -0.906. The van der Waals surface area contributed by atoms with Gasteiger partial charge in [0.1, 0.15) is 0 Å². The number of nitrogens with two attached hydrogens (primary N) is 1. The second kappa shape index (κ2) is 7.26. The van der Waals surface area contributed by atoms with E-state index < -0.39 is 5.97 Å². The fourth-order valence-corrected chi connectivity index (χ4v) is 2.59. The van der Waals surface area contributed by atoms with Gasteiger partial charge in [0.25, 0.3) is 6.01 Å². The van der Waals surface area contributed by atoms with Crippen LogP contribution in [-0.2, 0) is 17.8 Å². The maximum atomic E-state index is 10.9. The second-order valence-electron chi connectivity index (χ2n) is 5.80. The summed E-state index contributed by atoms with van der Waals surface area (Å²) in [5.74, 6) is -0.786. The maximum Gasteiger partial charge on any atom is 0.320 e. The zero-order valence-corrected chi connectivity index (χ0v) is 14.2. The van der Waals surface area contributed by atoms with Gasteiger partial charge in [-0.15, -0.1) is 0 Å². The third kappa shape index (κ3) is 3.66. The SMILES string of the molecule is CCCOc1nc(N)c2nc(O)n(Cc3cccc(CC(=O)O)c3)c2n1. The summed E-state index contributed by atoms with van der Waals surface area (Å²) in [7, 11) is 0.